The first-order valence-corrected chi connectivity index (χ1v) is 18.8. The van der Waals surface area contributed by atoms with Crippen molar-refractivity contribution in [2.75, 3.05) is 0 Å². The van der Waals surface area contributed by atoms with Gasteiger partial charge in [-0.25, -0.2) is 0 Å². The van der Waals surface area contributed by atoms with Crippen molar-refractivity contribution < 1.29 is 8.83 Å². The minimum Gasteiger partial charge on any atom is -0.452 e. The standard InChI is InChI=1S/C52H32O2/c1-2-12-41-39(10-1)40-11-3-4-13-42(40)47-29-37(20-22-43(41)47)32-9-7-8-31(26-32)33-16-17-35-28-36(19-18-34(35)27-33)38-21-25-50-48(30-38)46-24-23-45-44-14-5-6-15-49(44)53-51(45)52(46)54-50/h1-25,27-31H,26H2. The normalized spacial score (nSPS) is 14.8. The molecule has 0 radical (unpaired) electrons. The van der Waals surface area contributed by atoms with Crippen LogP contribution in [0.15, 0.2) is 185 Å². The van der Waals surface area contributed by atoms with Gasteiger partial charge >= 0.3 is 0 Å². The van der Waals surface area contributed by atoms with E-state index in [0.29, 0.717) is 5.92 Å². The third-order valence-electron chi connectivity index (χ3n) is 11.8. The summed E-state index contributed by atoms with van der Waals surface area (Å²) in [7, 11) is 0. The number of allylic oxidation sites excluding steroid dienone is 4. The third kappa shape index (κ3) is 4.41. The van der Waals surface area contributed by atoms with Gasteiger partial charge in [0.25, 0.3) is 0 Å². The molecule has 2 heterocycles. The van der Waals surface area contributed by atoms with Crippen molar-refractivity contribution in [2.45, 2.75) is 12.3 Å². The average Bonchev–Trinajstić information content (AvgIpc) is 3.82. The van der Waals surface area contributed by atoms with Crippen LogP contribution in [0.4, 0.5) is 0 Å². The first kappa shape index (κ1) is 29.7. The van der Waals surface area contributed by atoms with E-state index >= 15 is 0 Å². The molecule has 54 heavy (non-hydrogen) atoms. The average molecular weight is 689 g/mol. The highest BCUT2D eigenvalue weighted by atomic mass is 16.4. The molecular formula is C52H32O2. The molecule has 0 N–H and O–H groups in total. The summed E-state index contributed by atoms with van der Waals surface area (Å²) in [4.78, 5) is 0. The van der Waals surface area contributed by atoms with Crippen molar-refractivity contribution in [1.29, 1.82) is 0 Å². The highest BCUT2D eigenvalue weighted by Crippen LogP contribution is 2.42. The Morgan fingerprint density at radius 1 is 0.389 bits per heavy atom. The van der Waals surface area contributed by atoms with Gasteiger partial charge in [0.15, 0.2) is 11.2 Å². The third-order valence-corrected chi connectivity index (χ3v) is 11.8. The fourth-order valence-corrected chi connectivity index (χ4v) is 9.10. The quantitative estimate of drug-likeness (QED) is 0.173. The van der Waals surface area contributed by atoms with Crippen LogP contribution in [0.5, 0.6) is 0 Å². The van der Waals surface area contributed by atoms with Crippen LogP contribution in [0, 0.1) is 0 Å². The SMILES string of the molecule is C1=CC(c2ccc3cc(-c4ccc5oc6c(ccc7c8ccccc8oc76)c5c4)ccc3c2)CC(c2ccc3c4ccccc4c4ccccc4c3c2)=C1. The fraction of sp³-hybridized carbons (Fsp3) is 0.0385. The Morgan fingerprint density at radius 3 is 1.70 bits per heavy atom. The topological polar surface area (TPSA) is 26.3 Å². The van der Waals surface area contributed by atoms with Crippen molar-refractivity contribution in [2.24, 2.45) is 0 Å². The van der Waals surface area contributed by atoms with Gasteiger partial charge in [0.2, 0.25) is 0 Å². The monoisotopic (exact) mass is 688 g/mol. The number of fused-ring (bicyclic) bond motifs is 14. The van der Waals surface area contributed by atoms with Gasteiger partial charge in [-0.3, -0.25) is 0 Å². The highest BCUT2D eigenvalue weighted by molar-refractivity contribution is 6.25. The van der Waals surface area contributed by atoms with E-state index in [-0.39, 0.29) is 0 Å². The zero-order valence-corrected chi connectivity index (χ0v) is 29.3. The van der Waals surface area contributed by atoms with Crippen molar-refractivity contribution in [3.8, 4) is 11.1 Å². The second-order valence-corrected chi connectivity index (χ2v) is 14.8. The van der Waals surface area contributed by atoms with Crippen LogP contribution in [-0.4, -0.2) is 0 Å². The Bertz CT molecular complexity index is 3390. The van der Waals surface area contributed by atoms with Crippen molar-refractivity contribution in [3.05, 3.63) is 187 Å². The van der Waals surface area contributed by atoms with Gasteiger partial charge in [-0.1, -0.05) is 133 Å². The summed E-state index contributed by atoms with van der Waals surface area (Å²) >= 11 is 0. The molecule has 9 aromatic carbocycles. The second-order valence-electron chi connectivity index (χ2n) is 14.8. The van der Waals surface area contributed by atoms with E-state index in [4.69, 9.17) is 8.83 Å². The lowest BCUT2D eigenvalue weighted by molar-refractivity contribution is 0.633. The molecule has 12 rings (SSSR count). The molecule has 0 amide bonds. The molecule has 0 fully saturated rings. The maximum atomic E-state index is 6.41. The molecule has 1 atom stereocenters. The molecular weight excluding hydrogens is 657 g/mol. The van der Waals surface area contributed by atoms with Gasteiger partial charge in [-0.2, -0.15) is 0 Å². The zero-order chi connectivity index (χ0) is 35.3. The lowest BCUT2D eigenvalue weighted by atomic mass is 9.84. The molecule has 0 spiro atoms. The van der Waals surface area contributed by atoms with Crippen LogP contribution in [0.3, 0.4) is 0 Å². The molecule has 0 saturated carbocycles. The van der Waals surface area contributed by atoms with Crippen molar-refractivity contribution in [3.63, 3.8) is 0 Å². The Balaban J connectivity index is 0.864. The van der Waals surface area contributed by atoms with Crippen LogP contribution in [-0.2, 0) is 0 Å². The van der Waals surface area contributed by atoms with Crippen LogP contribution < -0.4 is 0 Å². The summed E-state index contributed by atoms with van der Waals surface area (Å²) in [6.45, 7) is 0. The predicted molar refractivity (Wildman–Crippen MR) is 227 cm³/mol. The second kappa shape index (κ2) is 11.3. The summed E-state index contributed by atoms with van der Waals surface area (Å²) in [6, 6.07) is 57.5. The van der Waals surface area contributed by atoms with Crippen molar-refractivity contribution in [1.82, 2.24) is 0 Å². The Hall–Kier alpha value is -6.90. The Morgan fingerprint density at radius 2 is 0.926 bits per heavy atom. The summed E-state index contributed by atoms with van der Waals surface area (Å²) in [5.41, 5.74) is 9.74. The van der Waals surface area contributed by atoms with E-state index in [2.05, 4.69) is 158 Å². The highest BCUT2D eigenvalue weighted by Gasteiger charge is 2.19. The van der Waals surface area contributed by atoms with E-state index in [1.807, 2.05) is 18.2 Å². The zero-order valence-electron chi connectivity index (χ0n) is 29.3. The number of hydrogen-bond donors (Lipinski definition) is 0. The number of para-hydroxylation sites is 1. The minimum atomic E-state index is 0.313. The van der Waals surface area contributed by atoms with Crippen LogP contribution in [0.25, 0.3) is 104 Å². The van der Waals surface area contributed by atoms with Gasteiger partial charge in [0, 0.05) is 27.5 Å². The molecule has 0 aliphatic heterocycles. The summed E-state index contributed by atoms with van der Waals surface area (Å²) in [5.74, 6) is 0.313. The molecule has 1 unspecified atom stereocenters. The number of benzene rings is 9. The summed E-state index contributed by atoms with van der Waals surface area (Å²) < 4.78 is 12.7. The number of rotatable bonds is 3. The smallest absolute Gasteiger partial charge is 0.178 e. The predicted octanol–water partition coefficient (Wildman–Crippen LogP) is 14.9. The van der Waals surface area contributed by atoms with Crippen LogP contribution in [0.2, 0.25) is 0 Å². The van der Waals surface area contributed by atoms with Gasteiger partial charge in [0.1, 0.15) is 11.2 Å². The summed E-state index contributed by atoms with van der Waals surface area (Å²) in [6.07, 6.45) is 7.87. The molecule has 2 nitrogen and oxygen atoms in total. The largest absolute Gasteiger partial charge is 0.452 e. The minimum absolute atomic E-state index is 0.313. The molecule has 11 aromatic rings. The van der Waals surface area contributed by atoms with E-state index in [9.17, 15) is 0 Å². The molecule has 2 aromatic heterocycles. The van der Waals surface area contributed by atoms with Gasteiger partial charge in [-0.05, 0) is 120 Å². The molecule has 0 saturated heterocycles. The van der Waals surface area contributed by atoms with E-state index in [0.717, 1.165) is 50.3 Å². The van der Waals surface area contributed by atoms with E-state index in [1.54, 1.807) is 0 Å². The molecule has 252 valence electrons. The summed E-state index contributed by atoms with van der Waals surface area (Å²) in [5, 5.41) is 14.7. The molecule has 1 aliphatic rings. The fourth-order valence-electron chi connectivity index (χ4n) is 9.10. The Kier molecular flexibility index (Phi) is 6.20. The first-order chi connectivity index (χ1) is 26.7. The first-order valence-electron chi connectivity index (χ1n) is 18.8. The number of hydrogen-bond acceptors (Lipinski definition) is 2. The maximum absolute atomic E-state index is 6.41. The maximum Gasteiger partial charge on any atom is 0.178 e. The van der Waals surface area contributed by atoms with Crippen LogP contribution >= 0.6 is 0 Å². The van der Waals surface area contributed by atoms with E-state index < -0.39 is 0 Å². The van der Waals surface area contributed by atoms with Gasteiger partial charge in [-0.15, -0.1) is 0 Å². The van der Waals surface area contributed by atoms with Gasteiger partial charge in [0.05, 0.1) is 0 Å². The Labute approximate surface area is 310 Å². The van der Waals surface area contributed by atoms with E-state index in [1.165, 1.54) is 70.9 Å². The van der Waals surface area contributed by atoms with Crippen LogP contribution in [0.1, 0.15) is 23.5 Å². The number of furan rings is 2. The lowest BCUT2D eigenvalue weighted by Gasteiger charge is -2.21. The van der Waals surface area contributed by atoms with Crippen molar-refractivity contribution >= 4 is 92.5 Å². The lowest BCUT2D eigenvalue weighted by Crippen LogP contribution is -2.01. The molecule has 1 aliphatic carbocycles. The molecule has 0 bridgehead atoms. The molecule has 2 heteroatoms. The van der Waals surface area contributed by atoms with Gasteiger partial charge < -0.3 is 8.83 Å².